The second-order valence-corrected chi connectivity index (χ2v) is 7.33. The summed E-state index contributed by atoms with van der Waals surface area (Å²) in [6.45, 7) is 3.26. The maximum Gasteiger partial charge on any atom is 0.257 e. The fourth-order valence-corrected chi connectivity index (χ4v) is 3.55. The molecule has 2 aromatic carbocycles. The summed E-state index contributed by atoms with van der Waals surface area (Å²) >= 11 is 0. The summed E-state index contributed by atoms with van der Waals surface area (Å²) in [5.41, 5.74) is 9.92. The first-order valence-electron chi connectivity index (χ1n) is 9.49. The Morgan fingerprint density at radius 3 is 2.48 bits per heavy atom. The number of benzene rings is 2. The molecule has 1 fully saturated rings. The number of halogens is 2. The maximum absolute atomic E-state index is 13.3. The molecule has 1 aliphatic heterocycles. The minimum absolute atomic E-state index is 0. The number of aryl methyl sites for hydroxylation is 1. The van der Waals surface area contributed by atoms with Crippen LogP contribution in [0.2, 0.25) is 0 Å². The second kappa shape index (κ2) is 8.76. The number of nitrogens with two attached hydrogens (primary N) is 1. The van der Waals surface area contributed by atoms with Crippen LogP contribution in [0.3, 0.4) is 0 Å². The first-order chi connectivity index (χ1) is 13.5. The predicted molar refractivity (Wildman–Crippen MR) is 114 cm³/mol. The largest absolute Gasteiger partial charge is 0.337 e. The Morgan fingerprint density at radius 1 is 1.14 bits per heavy atom. The molecule has 152 valence electrons. The molecular formula is C22H24ClFN4O. The van der Waals surface area contributed by atoms with E-state index in [2.05, 4.69) is 5.10 Å². The molecule has 0 radical (unpaired) electrons. The Hall–Kier alpha value is -2.70. The summed E-state index contributed by atoms with van der Waals surface area (Å²) < 4.78 is 14.9. The van der Waals surface area contributed by atoms with Gasteiger partial charge in [0.15, 0.2) is 0 Å². The van der Waals surface area contributed by atoms with Crippen LogP contribution in [0.4, 0.5) is 4.39 Å². The fraction of sp³-hybridized carbons (Fsp3) is 0.273. The molecule has 2 heterocycles. The molecule has 1 unspecified atom stereocenters. The Balaban J connectivity index is 0.00000240. The van der Waals surface area contributed by atoms with Crippen molar-refractivity contribution in [1.29, 1.82) is 0 Å². The van der Waals surface area contributed by atoms with Crippen molar-refractivity contribution in [3.8, 4) is 16.9 Å². The highest BCUT2D eigenvalue weighted by molar-refractivity contribution is 6.00. The molecule has 1 amide bonds. The van der Waals surface area contributed by atoms with E-state index in [1.807, 2.05) is 31.2 Å². The van der Waals surface area contributed by atoms with Gasteiger partial charge in [0.05, 0.1) is 11.3 Å². The number of likely N-dealkylation sites (tertiary alicyclic amines) is 1. The monoisotopic (exact) mass is 414 g/mol. The van der Waals surface area contributed by atoms with E-state index in [9.17, 15) is 9.18 Å². The third-order valence-corrected chi connectivity index (χ3v) is 5.11. The number of hydrogen-bond donors (Lipinski definition) is 1. The third-order valence-electron chi connectivity index (χ3n) is 5.11. The van der Waals surface area contributed by atoms with Crippen molar-refractivity contribution in [2.24, 2.45) is 5.73 Å². The number of amides is 1. The van der Waals surface area contributed by atoms with Gasteiger partial charge in [-0.05, 0) is 44.0 Å². The summed E-state index contributed by atoms with van der Waals surface area (Å²) in [5.74, 6) is -0.382. The molecule has 2 N–H and O–H groups in total. The third kappa shape index (κ3) is 4.49. The van der Waals surface area contributed by atoms with Crippen LogP contribution in [0.5, 0.6) is 0 Å². The van der Waals surface area contributed by atoms with Crippen molar-refractivity contribution >= 4 is 18.3 Å². The number of carbonyl (C=O) groups excluding carboxylic acids is 1. The summed E-state index contributed by atoms with van der Waals surface area (Å²) in [6.07, 6.45) is 3.56. The maximum atomic E-state index is 13.3. The normalized spacial score (nSPS) is 16.4. The van der Waals surface area contributed by atoms with E-state index in [0.717, 1.165) is 24.0 Å². The average molecular weight is 415 g/mol. The molecule has 0 aliphatic carbocycles. The topological polar surface area (TPSA) is 64.2 Å². The summed E-state index contributed by atoms with van der Waals surface area (Å²) in [4.78, 5) is 15.1. The van der Waals surface area contributed by atoms with Crippen LogP contribution in [0, 0.1) is 12.7 Å². The minimum atomic E-state index is -0.312. The quantitative estimate of drug-likeness (QED) is 0.705. The first-order valence-corrected chi connectivity index (χ1v) is 9.49. The van der Waals surface area contributed by atoms with E-state index in [-0.39, 0.29) is 30.2 Å². The Labute approximate surface area is 175 Å². The lowest BCUT2D eigenvalue weighted by Crippen LogP contribution is -2.45. The van der Waals surface area contributed by atoms with Gasteiger partial charge < -0.3 is 10.6 Å². The lowest BCUT2D eigenvalue weighted by atomic mass is 10.0. The van der Waals surface area contributed by atoms with Gasteiger partial charge in [0, 0.05) is 30.9 Å². The molecule has 29 heavy (non-hydrogen) atoms. The van der Waals surface area contributed by atoms with E-state index in [0.29, 0.717) is 30.0 Å². The molecule has 1 atom stereocenters. The van der Waals surface area contributed by atoms with Crippen LogP contribution in [0.1, 0.15) is 28.8 Å². The molecule has 7 heteroatoms. The molecule has 5 nitrogen and oxygen atoms in total. The van der Waals surface area contributed by atoms with E-state index in [4.69, 9.17) is 5.73 Å². The average Bonchev–Trinajstić information content (AvgIpc) is 3.14. The second-order valence-electron chi connectivity index (χ2n) is 7.33. The van der Waals surface area contributed by atoms with Gasteiger partial charge in [-0.25, -0.2) is 9.07 Å². The Morgan fingerprint density at radius 2 is 1.83 bits per heavy atom. The van der Waals surface area contributed by atoms with Gasteiger partial charge >= 0.3 is 0 Å². The smallest absolute Gasteiger partial charge is 0.257 e. The standard InChI is InChI=1S/C22H23FN4O.ClH/c1-15-4-6-16(7-5-15)21-20(22(28)26-12-2-3-18(24)13-26)14-27(25-21)19-10-8-17(23)9-11-19;/h4-11,14,18H,2-3,12-13,24H2,1H3;1H. The molecular weight excluding hydrogens is 391 g/mol. The highest BCUT2D eigenvalue weighted by Gasteiger charge is 2.26. The molecule has 0 saturated carbocycles. The highest BCUT2D eigenvalue weighted by atomic mass is 35.5. The van der Waals surface area contributed by atoms with Gasteiger partial charge in [0.25, 0.3) is 5.91 Å². The zero-order valence-electron chi connectivity index (χ0n) is 16.2. The van der Waals surface area contributed by atoms with E-state index >= 15 is 0 Å². The van der Waals surface area contributed by atoms with E-state index in [1.54, 1.807) is 27.9 Å². The highest BCUT2D eigenvalue weighted by Crippen LogP contribution is 2.26. The summed E-state index contributed by atoms with van der Waals surface area (Å²) in [5, 5.41) is 4.66. The Kier molecular flexibility index (Phi) is 6.35. The van der Waals surface area contributed by atoms with E-state index in [1.165, 1.54) is 12.1 Å². The van der Waals surface area contributed by atoms with Crippen LogP contribution < -0.4 is 5.73 Å². The number of nitrogens with zero attached hydrogens (tertiary/aromatic N) is 3. The van der Waals surface area contributed by atoms with Gasteiger partial charge in [-0.15, -0.1) is 12.4 Å². The minimum Gasteiger partial charge on any atom is -0.337 e. The predicted octanol–water partition coefficient (Wildman–Crippen LogP) is 3.97. The summed E-state index contributed by atoms with van der Waals surface area (Å²) in [6, 6.07) is 14.0. The van der Waals surface area contributed by atoms with Crippen molar-refractivity contribution in [3.05, 3.63) is 71.7 Å². The molecule has 4 rings (SSSR count). The van der Waals surface area contributed by atoms with Crippen LogP contribution in [-0.4, -0.2) is 39.7 Å². The SMILES string of the molecule is Cc1ccc(-c2nn(-c3ccc(F)cc3)cc2C(=O)N2CCCC(N)C2)cc1.Cl. The molecule has 1 aromatic heterocycles. The molecule has 3 aromatic rings. The van der Waals surface area contributed by atoms with Crippen molar-refractivity contribution in [2.75, 3.05) is 13.1 Å². The zero-order valence-corrected chi connectivity index (χ0v) is 17.0. The molecule has 1 saturated heterocycles. The van der Waals surface area contributed by atoms with E-state index < -0.39 is 0 Å². The van der Waals surface area contributed by atoms with Gasteiger partial charge in [0.1, 0.15) is 11.5 Å². The van der Waals surface area contributed by atoms with Gasteiger partial charge in [0.2, 0.25) is 0 Å². The zero-order chi connectivity index (χ0) is 19.7. The van der Waals surface area contributed by atoms with Crippen LogP contribution in [0.15, 0.2) is 54.7 Å². The lowest BCUT2D eigenvalue weighted by molar-refractivity contribution is 0.0709. The molecule has 0 bridgehead atoms. The molecule has 0 spiro atoms. The van der Waals surface area contributed by atoms with Crippen molar-refractivity contribution < 1.29 is 9.18 Å². The van der Waals surface area contributed by atoms with Crippen LogP contribution in [-0.2, 0) is 0 Å². The number of piperidine rings is 1. The van der Waals surface area contributed by atoms with Gasteiger partial charge in [-0.2, -0.15) is 5.10 Å². The number of hydrogen-bond acceptors (Lipinski definition) is 3. The number of aromatic nitrogens is 2. The van der Waals surface area contributed by atoms with Crippen LogP contribution >= 0.6 is 12.4 Å². The molecule has 1 aliphatic rings. The van der Waals surface area contributed by atoms with Gasteiger partial charge in [-0.3, -0.25) is 4.79 Å². The summed E-state index contributed by atoms with van der Waals surface area (Å²) in [7, 11) is 0. The van der Waals surface area contributed by atoms with Crippen molar-refractivity contribution in [1.82, 2.24) is 14.7 Å². The Bertz CT molecular complexity index is 985. The van der Waals surface area contributed by atoms with Crippen molar-refractivity contribution in [2.45, 2.75) is 25.8 Å². The lowest BCUT2D eigenvalue weighted by Gasteiger charge is -2.30. The fourth-order valence-electron chi connectivity index (χ4n) is 3.55. The number of rotatable bonds is 3. The number of carbonyl (C=O) groups is 1. The van der Waals surface area contributed by atoms with Crippen LogP contribution in [0.25, 0.3) is 16.9 Å². The van der Waals surface area contributed by atoms with Crippen molar-refractivity contribution in [3.63, 3.8) is 0 Å². The van der Waals surface area contributed by atoms with Gasteiger partial charge in [-0.1, -0.05) is 29.8 Å². The first kappa shape index (κ1) is 21.0.